The Morgan fingerprint density at radius 3 is 2.51 bits per heavy atom. The summed E-state index contributed by atoms with van der Waals surface area (Å²) in [4.78, 5) is 38.2. The van der Waals surface area contributed by atoms with Crippen LogP contribution in [0.3, 0.4) is 0 Å². The Morgan fingerprint density at radius 1 is 0.943 bits per heavy atom. The van der Waals surface area contributed by atoms with Crippen molar-refractivity contribution in [3.05, 3.63) is 88.1 Å². The second-order valence-electron chi connectivity index (χ2n) is 7.92. The van der Waals surface area contributed by atoms with Crippen LogP contribution in [0.1, 0.15) is 15.9 Å². The van der Waals surface area contributed by atoms with E-state index in [1.165, 1.54) is 6.07 Å². The van der Waals surface area contributed by atoms with E-state index in [9.17, 15) is 14.4 Å². The zero-order valence-corrected chi connectivity index (χ0v) is 18.8. The van der Waals surface area contributed by atoms with Gasteiger partial charge in [-0.05, 0) is 31.2 Å². The van der Waals surface area contributed by atoms with Crippen molar-refractivity contribution in [2.75, 3.05) is 25.1 Å². The SMILES string of the molecule is Cc1c(-c2ccccc2)oc2c(C(=O)OCC(=O)Nc3ccc4c(c3)OCCO4)cccc2c1=O. The topological polar surface area (TPSA) is 104 Å². The van der Waals surface area contributed by atoms with Gasteiger partial charge in [0, 0.05) is 22.9 Å². The molecule has 2 heterocycles. The maximum absolute atomic E-state index is 13.0. The number of ether oxygens (including phenoxy) is 3. The summed E-state index contributed by atoms with van der Waals surface area (Å²) >= 11 is 0. The molecule has 5 rings (SSSR count). The van der Waals surface area contributed by atoms with Crippen molar-refractivity contribution < 1.29 is 28.2 Å². The summed E-state index contributed by atoms with van der Waals surface area (Å²) in [6.07, 6.45) is 0. The highest BCUT2D eigenvalue weighted by Crippen LogP contribution is 2.32. The average molecular weight is 471 g/mol. The molecule has 8 heteroatoms. The van der Waals surface area contributed by atoms with Crippen LogP contribution < -0.4 is 20.2 Å². The van der Waals surface area contributed by atoms with Crippen LogP contribution in [0.15, 0.2) is 75.9 Å². The van der Waals surface area contributed by atoms with Gasteiger partial charge in [-0.25, -0.2) is 4.79 Å². The number of nitrogens with one attached hydrogen (secondary N) is 1. The first-order valence-electron chi connectivity index (χ1n) is 11.0. The number of esters is 1. The molecule has 0 fully saturated rings. The van der Waals surface area contributed by atoms with Crippen molar-refractivity contribution in [2.24, 2.45) is 0 Å². The molecule has 8 nitrogen and oxygen atoms in total. The van der Waals surface area contributed by atoms with E-state index in [0.717, 1.165) is 0 Å². The summed E-state index contributed by atoms with van der Waals surface area (Å²) in [5.41, 5.74) is 1.56. The number of anilines is 1. The molecular formula is C27H21NO7. The molecule has 3 aromatic carbocycles. The summed E-state index contributed by atoms with van der Waals surface area (Å²) in [7, 11) is 0. The minimum atomic E-state index is -0.779. The van der Waals surface area contributed by atoms with Gasteiger partial charge < -0.3 is 23.9 Å². The van der Waals surface area contributed by atoms with Crippen molar-refractivity contribution in [2.45, 2.75) is 6.92 Å². The average Bonchev–Trinajstić information content (AvgIpc) is 2.89. The molecule has 1 aliphatic rings. The number of hydrogen-bond acceptors (Lipinski definition) is 7. The fourth-order valence-electron chi connectivity index (χ4n) is 3.86. The lowest BCUT2D eigenvalue weighted by Crippen LogP contribution is -2.21. The number of fused-ring (bicyclic) bond motifs is 2. The van der Waals surface area contributed by atoms with Crippen LogP contribution in [0.25, 0.3) is 22.3 Å². The Balaban J connectivity index is 1.35. The van der Waals surface area contributed by atoms with Gasteiger partial charge in [0.05, 0.1) is 5.39 Å². The molecule has 0 radical (unpaired) electrons. The predicted octanol–water partition coefficient (Wildman–Crippen LogP) is 4.34. The fraction of sp³-hybridized carbons (Fsp3) is 0.148. The van der Waals surface area contributed by atoms with E-state index in [0.29, 0.717) is 47.3 Å². The quantitative estimate of drug-likeness (QED) is 0.432. The second kappa shape index (κ2) is 9.34. The molecule has 176 valence electrons. The van der Waals surface area contributed by atoms with Crippen molar-refractivity contribution >= 4 is 28.5 Å². The summed E-state index contributed by atoms with van der Waals surface area (Å²) in [6.45, 7) is 2.05. The first-order valence-corrected chi connectivity index (χ1v) is 11.0. The molecule has 1 aromatic heterocycles. The van der Waals surface area contributed by atoms with Gasteiger partial charge in [0.2, 0.25) is 0 Å². The zero-order valence-electron chi connectivity index (χ0n) is 18.8. The molecular weight excluding hydrogens is 450 g/mol. The van der Waals surface area contributed by atoms with Crippen LogP contribution in [-0.2, 0) is 9.53 Å². The van der Waals surface area contributed by atoms with Gasteiger partial charge in [-0.15, -0.1) is 0 Å². The van der Waals surface area contributed by atoms with Gasteiger partial charge in [0.1, 0.15) is 24.5 Å². The Bertz CT molecular complexity index is 1490. The van der Waals surface area contributed by atoms with Crippen molar-refractivity contribution in [1.82, 2.24) is 0 Å². The zero-order chi connectivity index (χ0) is 24.4. The highest BCUT2D eigenvalue weighted by atomic mass is 16.6. The summed E-state index contributed by atoms with van der Waals surface area (Å²) in [5, 5.41) is 2.92. The monoisotopic (exact) mass is 471 g/mol. The standard InChI is InChI=1S/C27H21NO7/c1-16-24(30)19-8-5-9-20(26(19)35-25(16)17-6-3-2-4-7-17)27(31)34-15-23(29)28-18-10-11-21-22(14-18)33-13-12-32-21/h2-11,14H,12-13,15H2,1H3,(H,28,29). The van der Waals surface area contributed by atoms with E-state index in [-0.39, 0.29) is 22.0 Å². The van der Waals surface area contributed by atoms with Crippen LogP contribution >= 0.6 is 0 Å². The molecule has 0 bridgehead atoms. The third-order valence-electron chi connectivity index (χ3n) is 5.56. The van der Waals surface area contributed by atoms with Crippen molar-refractivity contribution in [1.29, 1.82) is 0 Å². The van der Waals surface area contributed by atoms with Gasteiger partial charge >= 0.3 is 5.97 Å². The lowest BCUT2D eigenvalue weighted by atomic mass is 10.0. The molecule has 0 saturated carbocycles. The normalized spacial score (nSPS) is 12.3. The Hall–Kier alpha value is -4.59. The van der Waals surface area contributed by atoms with Gasteiger partial charge in [-0.3, -0.25) is 9.59 Å². The molecule has 0 unspecified atom stereocenters. The Labute approximate surface area is 200 Å². The first kappa shape index (κ1) is 22.2. The van der Waals surface area contributed by atoms with Crippen molar-refractivity contribution in [3.8, 4) is 22.8 Å². The number of benzene rings is 3. The number of rotatable bonds is 5. The molecule has 1 amide bonds. The highest BCUT2D eigenvalue weighted by molar-refractivity contribution is 6.03. The lowest BCUT2D eigenvalue weighted by molar-refractivity contribution is -0.119. The van der Waals surface area contributed by atoms with Crippen LogP contribution in [0.5, 0.6) is 11.5 Å². The smallest absolute Gasteiger partial charge is 0.342 e. The minimum Gasteiger partial charge on any atom is -0.486 e. The van der Waals surface area contributed by atoms with E-state index >= 15 is 0 Å². The van der Waals surface area contributed by atoms with E-state index in [1.807, 2.05) is 30.3 Å². The second-order valence-corrected chi connectivity index (χ2v) is 7.92. The number of carbonyl (C=O) groups is 2. The lowest BCUT2D eigenvalue weighted by Gasteiger charge is -2.19. The van der Waals surface area contributed by atoms with Crippen LogP contribution in [-0.4, -0.2) is 31.7 Å². The summed E-state index contributed by atoms with van der Waals surface area (Å²) in [6, 6.07) is 18.8. The molecule has 0 aliphatic carbocycles. The molecule has 0 saturated heterocycles. The third-order valence-corrected chi connectivity index (χ3v) is 5.56. The molecule has 4 aromatic rings. The minimum absolute atomic E-state index is 0.0592. The number of para-hydroxylation sites is 1. The van der Waals surface area contributed by atoms with Crippen molar-refractivity contribution in [3.63, 3.8) is 0 Å². The van der Waals surface area contributed by atoms with E-state index in [1.54, 1.807) is 37.3 Å². The van der Waals surface area contributed by atoms with Crippen LogP contribution in [0.2, 0.25) is 0 Å². The highest BCUT2D eigenvalue weighted by Gasteiger charge is 2.20. The maximum Gasteiger partial charge on any atom is 0.342 e. The van der Waals surface area contributed by atoms with Crippen LogP contribution in [0.4, 0.5) is 5.69 Å². The molecule has 0 atom stereocenters. The maximum atomic E-state index is 13.0. The molecule has 1 N–H and O–H groups in total. The van der Waals surface area contributed by atoms with Gasteiger partial charge in [-0.1, -0.05) is 36.4 Å². The Morgan fingerprint density at radius 2 is 1.71 bits per heavy atom. The third kappa shape index (κ3) is 4.46. The number of amides is 1. The van der Waals surface area contributed by atoms with E-state index < -0.39 is 18.5 Å². The Kier molecular flexibility index (Phi) is 5.93. The molecule has 0 spiro atoms. The summed E-state index contributed by atoms with van der Waals surface area (Å²) < 4.78 is 22.2. The number of carbonyl (C=O) groups excluding carboxylic acids is 2. The number of hydrogen-bond donors (Lipinski definition) is 1. The predicted molar refractivity (Wildman–Crippen MR) is 129 cm³/mol. The van der Waals surface area contributed by atoms with E-state index in [2.05, 4.69) is 5.32 Å². The largest absolute Gasteiger partial charge is 0.486 e. The fourth-order valence-corrected chi connectivity index (χ4v) is 3.86. The first-order chi connectivity index (χ1) is 17.0. The van der Waals surface area contributed by atoms with Gasteiger partial charge in [-0.2, -0.15) is 0 Å². The molecule has 1 aliphatic heterocycles. The molecule has 35 heavy (non-hydrogen) atoms. The van der Waals surface area contributed by atoms with Gasteiger partial charge in [0.15, 0.2) is 29.1 Å². The van der Waals surface area contributed by atoms with Crippen LogP contribution in [0, 0.1) is 6.92 Å². The van der Waals surface area contributed by atoms with Gasteiger partial charge in [0.25, 0.3) is 5.91 Å². The van der Waals surface area contributed by atoms with E-state index in [4.69, 9.17) is 18.6 Å². The summed E-state index contributed by atoms with van der Waals surface area (Å²) in [5.74, 6) is 0.195.